The van der Waals surface area contributed by atoms with Crippen LogP contribution >= 0.6 is 0 Å². The first-order valence-electron chi connectivity index (χ1n) is 7.67. The molecule has 0 spiro atoms. The van der Waals surface area contributed by atoms with Crippen molar-refractivity contribution >= 4 is 16.4 Å². The molecule has 0 aromatic rings. The molecule has 4 saturated heterocycles. The Morgan fingerprint density at radius 1 is 0.389 bits per heavy atom. The van der Waals surface area contributed by atoms with Gasteiger partial charge in [0.25, 0.3) is 16.4 Å². The van der Waals surface area contributed by atoms with Crippen LogP contribution in [0.2, 0.25) is 0 Å². The van der Waals surface area contributed by atoms with Crippen molar-refractivity contribution in [2.75, 3.05) is 52.4 Å². The van der Waals surface area contributed by atoms with E-state index in [1.807, 2.05) is 0 Å². The molecular formula is C12H24N4Si2. The van der Waals surface area contributed by atoms with Crippen LogP contribution in [0.3, 0.4) is 0 Å². The smallest absolute Gasteiger partial charge is 0.267 e. The van der Waals surface area contributed by atoms with Crippen molar-refractivity contribution < 1.29 is 0 Å². The molecule has 4 fully saturated rings. The van der Waals surface area contributed by atoms with Crippen LogP contribution in [0, 0.1) is 0 Å². The van der Waals surface area contributed by atoms with Gasteiger partial charge in [-0.05, 0) is 25.7 Å². The molecule has 0 aliphatic carbocycles. The Balaban J connectivity index is 1.75. The van der Waals surface area contributed by atoms with Gasteiger partial charge in [0, 0.05) is 52.4 Å². The van der Waals surface area contributed by atoms with Crippen molar-refractivity contribution in [1.82, 2.24) is 18.3 Å². The van der Waals surface area contributed by atoms with Gasteiger partial charge < -0.3 is 18.3 Å². The Hall–Kier alpha value is -0.366. The lowest BCUT2D eigenvalue weighted by Crippen LogP contribution is -2.69. The molecule has 4 aliphatic heterocycles. The molecule has 4 rings (SSSR count). The van der Waals surface area contributed by atoms with Crippen LogP contribution in [-0.4, -0.2) is 87.0 Å². The van der Waals surface area contributed by atoms with Gasteiger partial charge >= 0.3 is 0 Å². The maximum Gasteiger partial charge on any atom is 0.267 e. The van der Waals surface area contributed by atoms with Gasteiger partial charge in [-0.25, -0.2) is 0 Å². The maximum atomic E-state index is 2.92. The first-order chi connectivity index (χ1) is 8.93. The van der Waals surface area contributed by atoms with Crippen LogP contribution in [-0.2, 0) is 0 Å². The summed E-state index contributed by atoms with van der Waals surface area (Å²) in [6.07, 6.45) is 5.68. The third kappa shape index (κ3) is 1.76. The largest absolute Gasteiger partial charge is 0.392 e. The molecule has 100 valence electrons. The molecule has 0 aromatic carbocycles. The molecule has 6 heteroatoms. The van der Waals surface area contributed by atoms with Gasteiger partial charge in [0.2, 0.25) is 0 Å². The van der Waals surface area contributed by atoms with E-state index < -0.39 is 0 Å². The number of hydrogen-bond donors (Lipinski definition) is 0. The van der Waals surface area contributed by atoms with Crippen LogP contribution < -0.4 is 0 Å². The summed E-state index contributed by atoms with van der Waals surface area (Å²) < 4.78 is 11.7. The van der Waals surface area contributed by atoms with Gasteiger partial charge in [-0.1, -0.05) is 0 Å². The van der Waals surface area contributed by atoms with Crippen LogP contribution in [0.15, 0.2) is 0 Å². The second-order valence-electron chi connectivity index (χ2n) is 6.01. The minimum Gasteiger partial charge on any atom is -0.392 e. The van der Waals surface area contributed by atoms with Crippen molar-refractivity contribution in [2.45, 2.75) is 25.7 Å². The van der Waals surface area contributed by atoms with Crippen molar-refractivity contribution in [2.24, 2.45) is 0 Å². The molecule has 0 radical (unpaired) electrons. The molecule has 0 aromatic heterocycles. The van der Waals surface area contributed by atoms with Crippen LogP contribution in [0.5, 0.6) is 0 Å². The van der Waals surface area contributed by atoms with E-state index in [0.717, 1.165) is 0 Å². The summed E-state index contributed by atoms with van der Waals surface area (Å²) in [5.74, 6) is 0. The van der Waals surface area contributed by atoms with Gasteiger partial charge in [-0.15, -0.1) is 0 Å². The Labute approximate surface area is 113 Å². The van der Waals surface area contributed by atoms with E-state index in [1.165, 1.54) is 78.0 Å². The molecule has 4 heterocycles. The monoisotopic (exact) mass is 280 g/mol. The Morgan fingerprint density at radius 3 is 0.833 bits per heavy atom. The molecular weight excluding hydrogens is 256 g/mol. The van der Waals surface area contributed by atoms with Crippen molar-refractivity contribution in [3.63, 3.8) is 0 Å². The quantitative estimate of drug-likeness (QED) is 0.573. The highest BCUT2D eigenvalue weighted by Gasteiger charge is 2.38. The summed E-state index contributed by atoms with van der Waals surface area (Å²) in [6.45, 7) is 11.2. The minimum atomic E-state index is -0.366. The van der Waals surface area contributed by atoms with Gasteiger partial charge in [-0.3, -0.25) is 0 Å². The second-order valence-corrected chi connectivity index (χ2v) is 12.5. The molecule has 4 bridgehead atoms. The summed E-state index contributed by atoms with van der Waals surface area (Å²) in [7, 11) is -0.732. The number of rotatable bonds is 0. The third-order valence-corrected chi connectivity index (χ3v) is 14.4. The fraction of sp³-hybridized carbons (Fsp3) is 1.00. The highest BCUT2D eigenvalue weighted by atomic mass is 28.9. The van der Waals surface area contributed by atoms with E-state index in [4.69, 9.17) is 0 Å². The van der Waals surface area contributed by atoms with Gasteiger partial charge in [-0.2, -0.15) is 0 Å². The molecule has 0 N–H and O–H groups in total. The zero-order valence-corrected chi connectivity index (χ0v) is 13.3. The molecule has 4 aliphatic rings. The van der Waals surface area contributed by atoms with E-state index >= 15 is 0 Å². The van der Waals surface area contributed by atoms with Crippen LogP contribution in [0.25, 0.3) is 0 Å². The Morgan fingerprint density at radius 2 is 0.611 bits per heavy atom. The first kappa shape index (κ1) is 11.5. The van der Waals surface area contributed by atoms with Gasteiger partial charge in [0.1, 0.15) is 0 Å². The fourth-order valence-electron chi connectivity index (χ4n) is 4.07. The summed E-state index contributed by atoms with van der Waals surface area (Å²) in [6, 6.07) is 0. The molecule has 0 saturated carbocycles. The minimum absolute atomic E-state index is 0.366. The van der Waals surface area contributed by atoms with E-state index in [-0.39, 0.29) is 16.4 Å². The third-order valence-electron chi connectivity index (χ3n) is 4.82. The molecule has 0 unspecified atom stereocenters. The summed E-state index contributed by atoms with van der Waals surface area (Å²) in [5, 5.41) is 0. The molecule has 0 atom stereocenters. The van der Waals surface area contributed by atoms with E-state index in [1.54, 1.807) is 0 Å². The highest BCUT2D eigenvalue weighted by Crippen LogP contribution is 2.20. The summed E-state index contributed by atoms with van der Waals surface area (Å²) >= 11 is 0. The number of hydrogen-bond acceptors (Lipinski definition) is 4. The zero-order chi connectivity index (χ0) is 11.9. The fourth-order valence-corrected chi connectivity index (χ4v) is 15.0. The lowest BCUT2D eigenvalue weighted by Gasteiger charge is -2.51. The SMILES string of the molecule is C1CN2CCCN(C1)[Si]2=[Si]1N2CCCN1CCC2. The van der Waals surface area contributed by atoms with Crippen LogP contribution in [0.1, 0.15) is 25.7 Å². The average molecular weight is 281 g/mol. The van der Waals surface area contributed by atoms with E-state index in [2.05, 4.69) is 18.3 Å². The molecule has 4 nitrogen and oxygen atoms in total. The van der Waals surface area contributed by atoms with Crippen molar-refractivity contribution in [1.29, 1.82) is 0 Å². The van der Waals surface area contributed by atoms with E-state index in [0.29, 0.717) is 0 Å². The average Bonchev–Trinajstić information content (AvgIpc) is 2.36. The highest BCUT2D eigenvalue weighted by molar-refractivity contribution is 6.91. The number of nitrogens with zero attached hydrogens (tertiary/aromatic N) is 4. The zero-order valence-electron chi connectivity index (χ0n) is 11.3. The standard InChI is InChI=1S/C12H24N4Si2/c1-5-13-7-2-8-14(6-1)17(13)18-15-9-3-10-16(18)12-4-11-15/h1-12H2. The van der Waals surface area contributed by atoms with Crippen molar-refractivity contribution in [3.05, 3.63) is 0 Å². The van der Waals surface area contributed by atoms with E-state index in [9.17, 15) is 0 Å². The molecule has 18 heavy (non-hydrogen) atoms. The molecule has 0 amide bonds. The predicted octanol–water partition coefficient (Wildman–Crippen LogP) is -0.136. The normalized spacial score (nSPS) is 28.0. The van der Waals surface area contributed by atoms with Crippen LogP contribution in [0.4, 0.5) is 0 Å². The summed E-state index contributed by atoms with van der Waals surface area (Å²) in [5.41, 5.74) is 0. The topological polar surface area (TPSA) is 13.0 Å². The van der Waals surface area contributed by atoms with Crippen molar-refractivity contribution in [3.8, 4) is 0 Å². The number of fused-ring (bicyclic) bond motifs is 4. The lowest BCUT2D eigenvalue weighted by molar-refractivity contribution is 0.220. The maximum absolute atomic E-state index is 2.92. The van der Waals surface area contributed by atoms with Gasteiger partial charge in [0.05, 0.1) is 0 Å². The lowest BCUT2D eigenvalue weighted by atomic mass is 10.3. The Kier molecular flexibility index (Phi) is 2.95. The summed E-state index contributed by atoms with van der Waals surface area (Å²) in [4.78, 5) is 0. The van der Waals surface area contributed by atoms with Gasteiger partial charge in [0.15, 0.2) is 0 Å². The predicted molar refractivity (Wildman–Crippen MR) is 76.3 cm³/mol. The first-order valence-corrected chi connectivity index (χ1v) is 11.5. The second kappa shape index (κ2) is 4.63. The Bertz CT molecular complexity index is 291.